The van der Waals surface area contributed by atoms with Crippen molar-refractivity contribution in [1.29, 1.82) is 0 Å². The normalized spacial score (nSPS) is 20.1. The molecular formula is C16H30N2O3. The third-order valence-corrected chi connectivity index (χ3v) is 4.37. The molecule has 0 aromatic carbocycles. The summed E-state index contributed by atoms with van der Waals surface area (Å²) >= 11 is 0. The molecule has 21 heavy (non-hydrogen) atoms. The number of carbonyl (C=O) groups excluding carboxylic acids is 1. The summed E-state index contributed by atoms with van der Waals surface area (Å²) in [6, 6.07) is 0.330. The molecule has 0 aliphatic carbocycles. The Labute approximate surface area is 128 Å². The lowest BCUT2D eigenvalue weighted by Gasteiger charge is -2.38. The Morgan fingerprint density at radius 1 is 1.38 bits per heavy atom. The predicted molar refractivity (Wildman–Crippen MR) is 83.3 cm³/mol. The maximum absolute atomic E-state index is 12.7. The van der Waals surface area contributed by atoms with Gasteiger partial charge in [-0.3, -0.25) is 4.79 Å². The predicted octanol–water partition coefficient (Wildman–Crippen LogP) is 3.19. The fraction of sp³-hybridized carbons (Fsp3) is 0.875. The molecule has 0 bridgehead atoms. The van der Waals surface area contributed by atoms with Crippen molar-refractivity contribution in [3.8, 4) is 0 Å². The molecule has 2 atom stereocenters. The molecule has 5 heteroatoms. The van der Waals surface area contributed by atoms with Crippen LogP contribution in [-0.2, 0) is 4.79 Å². The molecule has 1 aliphatic rings. The standard InChI is InChI=1S/C16H30N2O3/c1-4-6-10-18(13(3)5-2)16(21)17-9-7-8-14(12-17)11-15(19)20/h13-14H,4-12H2,1-3H3,(H,19,20). The van der Waals surface area contributed by atoms with Crippen LogP contribution in [0.15, 0.2) is 0 Å². The summed E-state index contributed by atoms with van der Waals surface area (Å²) in [7, 11) is 0. The molecule has 5 nitrogen and oxygen atoms in total. The fourth-order valence-corrected chi connectivity index (χ4v) is 2.89. The maximum Gasteiger partial charge on any atom is 0.320 e. The van der Waals surface area contributed by atoms with Crippen molar-refractivity contribution >= 4 is 12.0 Å². The molecule has 1 rings (SSSR count). The summed E-state index contributed by atoms with van der Waals surface area (Å²) in [5.41, 5.74) is 0. The van der Waals surface area contributed by atoms with Crippen LogP contribution in [-0.4, -0.2) is 52.6 Å². The molecule has 1 saturated heterocycles. The highest BCUT2D eigenvalue weighted by Gasteiger charge is 2.29. The van der Waals surface area contributed by atoms with Crippen molar-refractivity contribution in [2.75, 3.05) is 19.6 Å². The molecule has 0 aromatic heterocycles. The molecule has 1 fully saturated rings. The minimum absolute atomic E-state index is 0.0906. The third kappa shape index (κ3) is 5.56. The summed E-state index contributed by atoms with van der Waals surface area (Å²) in [5.74, 6) is -0.663. The second-order valence-electron chi connectivity index (χ2n) is 6.14. The molecule has 1 aliphatic heterocycles. The number of rotatable bonds is 7. The number of unbranched alkanes of at least 4 members (excludes halogenated alkanes) is 1. The number of aliphatic carboxylic acids is 1. The minimum atomic E-state index is -0.765. The summed E-state index contributed by atoms with van der Waals surface area (Å²) in [6.07, 6.45) is 5.02. The molecule has 2 amide bonds. The number of carboxylic acid groups (broad SMARTS) is 1. The summed E-state index contributed by atoms with van der Waals surface area (Å²) < 4.78 is 0. The topological polar surface area (TPSA) is 60.9 Å². The van der Waals surface area contributed by atoms with Crippen LogP contribution in [0.2, 0.25) is 0 Å². The van der Waals surface area contributed by atoms with Crippen molar-refractivity contribution < 1.29 is 14.7 Å². The Morgan fingerprint density at radius 3 is 2.67 bits per heavy atom. The van der Waals surface area contributed by atoms with Gasteiger partial charge in [0.05, 0.1) is 0 Å². The van der Waals surface area contributed by atoms with E-state index in [4.69, 9.17) is 5.11 Å². The lowest BCUT2D eigenvalue weighted by atomic mass is 9.95. The summed E-state index contributed by atoms with van der Waals surface area (Å²) in [5, 5.41) is 8.93. The average molecular weight is 298 g/mol. The molecule has 1 N–H and O–H groups in total. The number of piperidine rings is 1. The largest absolute Gasteiger partial charge is 0.481 e. The third-order valence-electron chi connectivity index (χ3n) is 4.37. The van der Waals surface area contributed by atoms with Crippen LogP contribution >= 0.6 is 0 Å². The van der Waals surface area contributed by atoms with E-state index in [0.29, 0.717) is 6.54 Å². The Hall–Kier alpha value is -1.26. The summed E-state index contributed by atoms with van der Waals surface area (Å²) in [6.45, 7) is 8.46. The van der Waals surface area contributed by atoms with E-state index in [2.05, 4.69) is 20.8 Å². The van der Waals surface area contributed by atoms with Gasteiger partial charge in [0.25, 0.3) is 0 Å². The number of urea groups is 1. The first kappa shape index (κ1) is 17.8. The van der Waals surface area contributed by atoms with Gasteiger partial charge >= 0.3 is 12.0 Å². The van der Waals surface area contributed by atoms with E-state index in [1.54, 1.807) is 0 Å². The molecule has 0 aromatic rings. The van der Waals surface area contributed by atoms with Crippen LogP contribution in [0.4, 0.5) is 4.79 Å². The lowest BCUT2D eigenvalue weighted by molar-refractivity contribution is -0.138. The highest BCUT2D eigenvalue weighted by atomic mass is 16.4. The second kappa shape index (κ2) is 8.90. The number of hydrogen-bond acceptors (Lipinski definition) is 2. The van der Waals surface area contributed by atoms with E-state index in [0.717, 1.165) is 45.2 Å². The van der Waals surface area contributed by atoms with Crippen molar-refractivity contribution in [2.45, 2.75) is 65.3 Å². The number of amides is 2. The first-order valence-corrected chi connectivity index (χ1v) is 8.26. The lowest BCUT2D eigenvalue weighted by Crippen LogP contribution is -2.50. The van der Waals surface area contributed by atoms with Gasteiger partial charge in [0.15, 0.2) is 0 Å². The monoisotopic (exact) mass is 298 g/mol. The number of nitrogens with zero attached hydrogens (tertiary/aromatic N) is 2. The maximum atomic E-state index is 12.7. The first-order chi connectivity index (χ1) is 9.99. The fourth-order valence-electron chi connectivity index (χ4n) is 2.89. The van der Waals surface area contributed by atoms with Gasteiger partial charge in [-0.05, 0) is 38.5 Å². The Morgan fingerprint density at radius 2 is 2.10 bits per heavy atom. The molecule has 2 unspecified atom stereocenters. The zero-order valence-corrected chi connectivity index (χ0v) is 13.7. The molecule has 0 radical (unpaired) electrons. The van der Waals surface area contributed by atoms with Gasteiger partial charge in [0, 0.05) is 32.1 Å². The SMILES string of the molecule is CCCCN(C(=O)N1CCCC(CC(=O)O)C1)C(C)CC. The van der Waals surface area contributed by atoms with E-state index in [1.165, 1.54) is 0 Å². The average Bonchev–Trinajstić information content (AvgIpc) is 2.46. The van der Waals surface area contributed by atoms with E-state index in [1.807, 2.05) is 9.80 Å². The molecule has 0 saturated carbocycles. The highest BCUT2D eigenvalue weighted by molar-refractivity contribution is 5.75. The number of carbonyl (C=O) groups is 2. The Balaban J connectivity index is 2.66. The molecular weight excluding hydrogens is 268 g/mol. The molecule has 0 spiro atoms. The van der Waals surface area contributed by atoms with E-state index in [9.17, 15) is 9.59 Å². The van der Waals surface area contributed by atoms with E-state index < -0.39 is 5.97 Å². The Kier molecular flexibility index (Phi) is 7.54. The molecule has 122 valence electrons. The number of likely N-dealkylation sites (tertiary alicyclic amines) is 1. The zero-order valence-electron chi connectivity index (χ0n) is 13.7. The van der Waals surface area contributed by atoms with Gasteiger partial charge in [0.1, 0.15) is 0 Å². The number of carboxylic acids is 1. The van der Waals surface area contributed by atoms with Gasteiger partial charge in [-0.1, -0.05) is 20.3 Å². The number of hydrogen-bond donors (Lipinski definition) is 1. The first-order valence-electron chi connectivity index (χ1n) is 8.26. The van der Waals surface area contributed by atoms with Crippen LogP contribution in [0.1, 0.15) is 59.3 Å². The van der Waals surface area contributed by atoms with Gasteiger partial charge in [-0.2, -0.15) is 0 Å². The van der Waals surface area contributed by atoms with Gasteiger partial charge in [-0.25, -0.2) is 4.79 Å². The smallest absolute Gasteiger partial charge is 0.320 e. The van der Waals surface area contributed by atoms with Crippen molar-refractivity contribution in [3.05, 3.63) is 0 Å². The van der Waals surface area contributed by atoms with Crippen molar-refractivity contribution in [3.63, 3.8) is 0 Å². The van der Waals surface area contributed by atoms with E-state index >= 15 is 0 Å². The van der Waals surface area contributed by atoms with E-state index in [-0.39, 0.29) is 24.4 Å². The van der Waals surface area contributed by atoms with Gasteiger partial charge in [-0.15, -0.1) is 0 Å². The molecule has 1 heterocycles. The van der Waals surface area contributed by atoms with Crippen LogP contribution in [0.5, 0.6) is 0 Å². The van der Waals surface area contributed by atoms with Crippen LogP contribution in [0, 0.1) is 5.92 Å². The second-order valence-corrected chi connectivity index (χ2v) is 6.14. The minimum Gasteiger partial charge on any atom is -0.481 e. The highest BCUT2D eigenvalue weighted by Crippen LogP contribution is 2.21. The van der Waals surface area contributed by atoms with Gasteiger partial charge < -0.3 is 14.9 Å². The van der Waals surface area contributed by atoms with Gasteiger partial charge in [0.2, 0.25) is 0 Å². The van der Waals surface area contributed by atoms with Crippen molar-refractivity contribution in [1.82, 2.24) is 9.80 Å². The van der Waals surface area contributed by atoms with Crippen LogP contribution < -0.4 is 0 Å². The summed E-state index contributed by atoms with van der Waals surface area (Å²) in [4.78, 5) is 27.4. The Bertz CT molecular complexity index is 346. The zero-order chi connectivity index (χ0) is 15.8. The van der Waals surface area contributed by atoms with Crippen molar-refractivity contribution in [2.24, 2.45) is 5.92 Å². The van der Waals surface area contributed by atoms with Crippen LogP contribution in [0.25, 0.3) is 0 Å². The quantitative estimate of drug-likeness (QED) is 0.785. The van der Waals surface area contributed by atoms with Crippen LogP contribution in [0.3, 0.4) is 0 Å².